The van der Waals surface area contributed by atoms with E-state index in [1.54, 1.807) is 30.5 Å². The van der Waals surface area contributed by atoms with Gasteiger partial charge in [0.15, 0.2) is 0 Å². The molecule has 0 saturated heterocycles. The summed E-state index contributed by atoms with van der Waals surface area (Å²) in [7, 11) is 1.76. The van der Waals surface area contributed by atoms with Crippen LogP contribution < -0.4 is 4.80 Å². The molecule has 2 aromatic carbocycles. The van der Waals surface area contributed by atoms with Gasteiger partial charge in [-0.15, -0.1) is 11.3 Å². The van der Waals surface area contributed by atoms with Crippen LogP contribution in [0.1, 0.15) is 18.1 Å². The fraction of sp³-hybridized carbons (Fsp3) is 0.105. The summed E-state index contributed by atoms with van der Waals surface area (Å²) in [5.41, 5.74) is 4.54. The summed E-state index contributed by atoms with van der Waals surface area (Å²) in [6, 6.07) is 17.7. The number of benzene rings is 2. The Kier molecular flexibility index (Phi) is 5.27. The van der Waals surface area contributed by atoms with Crippen LogP contribution in [-0.4, -0.2) is 17.4 Å². The van der Waals surface area contributed by atoms with Gasteiger partial charge in [0.25, 0.3) is 0 Å². The molecule has 0 amide bonds. The predicted molar refractivity (Wildman–Crippen MR) is 106 cm³/mol. The highest BCUT2D eigenvalue weighted by molar-refractivity contribution is 9.10. The van der Waals surface area contributed by atoms with Gasteiger partial charge in [-0.25, -0.2) is 4.68 Å². The number of thiazole rings is 1. The number of rotatable bonds is 3. The molecular formula is C19H15BrN4S. The second-order valence-corrected chi connectivity index (χ2v) is 7.07. The lowest BCUT2D eigenvalue weighted by molar-refractivity contribution is 0.842. The third-order valence-electron chi connectivity index (χ3n) is 3.70. The molecule has 0 N–H and O–H groups in total. The molecule has 1 heterocycles. The van der Waals surface area contributed by atoms with E-state index < -0.39 is 0 Å². The van der Waals surface area contributed by atoms with E-state index in [1.807, 2.05) is 35.9 Å². The fourth-order valence-electron chi connectivity index (χ4n) is 2.36. The van der Waals surface area contributed by atoms with Crippen LogP contribution in [0.4, 0.5) is 0 Å². The van der Waals surface area contributed by atoms with Crippen LogP contribution in [0.15, 0.2) is 68.5 Å². The molecule has 124 valence electrons. The average Bonchev–Trinajstić information content (AvgIpc) is 3.05. The van der Waals surface area contributed by atoms with Crippen LogP contribution >= 0.6 is 27.3 Å². The normalized spacial score (nSPS) is 12.2. The number of nitriles is 1. The van der Waals surface area contributed by atoms with Gasteiger partial charge in [0.1, 0.15) is 0 Å². The molecule has 0 aliphatic carbocycles. The Morgan fingerprint density at radius 3 is 2.40 bits per heavy atom. The van der Waals surface area contributed by atoms with Gasteiger partial charge in [0.05, 0.1) is 23.0 Å². The zero-order chi connectivity index (χ0) is 17.8. The van der Waals surface area contributed by atoms with Crippen molar-refractivity contribution in [1.29, 1.82) is 5.26 Å². The zero-order valence-electron chi connectivity index (χ0n) is 13.8. The van der Waals surface area contributed by atoms with Gasteiger partial charge < -0.3 is 0 Å². The average molecular weight is 411 g/mol. The predicted octanol–water partition coefficient (Wildman–Crippen LogP) is 4.65. The van der Waals surface area contributed by atoms with Crippen molar-refractivity contribution in [3.63, 3.8) is 0 Å². The van der Waals surface area contributed by atoms with E-state index in [1.165, 1.54) is 0 Å². The van der Waals surface area contributed by atoms with E-state index in [0.29, 0.717) is 5.56 Å². The molecule has 25 heavy (non-hydrogen) atoms. The van der Waals surface area contributed by atoms with E-state index in [9.17, 15) is 0 Å². The van der Waals surface area contributed by atoms with Gasteiger partial charge in [-0.05, 0) is 36.8 Å². The van der Waals surface area contributed by atoms with Crippen molar-refractivity contribution >= 4 is 33.0 Å². The minimum atomic E-state index is 0.638. The first kappa shape index (κ1) is 17.3. The summed E-state index contributed by atoms with van der Waals surface area (Å²) in [5, 5.41) is 15.8. The Morgan fingerprint density at radius 1 is 1.12 bits per heavy atom. The maximum Gasteiger partial charge on any atom is 0.205 e. The minimum absolute atomic E-state index is 0.638. The largest absolute Gasteiger partial charge is 0.261 e. The maximum absolute atomic E-state index is 8.93. The molecular weight excluding hydrogens is 396 g/mol. The van der Waals surface area contributed by atoms with Gasteiger partial charge in [0, 0.05) is 22.5 Å². The van der Waals surface area contributed by atoms with Crippen LogP contribution in [0.25, 0.3) is 11.3 Å². The van der Waals surface area contributed by atoms with Crippen molar-refractivity contribution in [1.82, 2.24) is 4.68 Å². The molecule has 0 radical (unpaired) electrons. The van der Waals surface area contributed by atoms with Crippen molar-refractivity contribution in [2.75, 3.05) is 7.05 Å². The van der Waals surface area contributed by atoms with E-state index in [4.69, 9.17) is 10.4 Å². The third kappa shape index (κ3) is 3.78. The molecule has 4 nitrogen and oxygen atoms in total. The minimum Gasteiger partial charge on any atom is -0.261 e. The molecule has 0 atom stereocenters. The standard InChI is InChI=1S/C19H15BrN4S/c1-13(15-5-3-14(11-21)4-6-15)23-24-18(12-25-19(24)22-2)16-7-9-17(20)10-8-16/h3-10,12H,1-2H3. The van der Waals surface area contributed by atoms with Gasteiger partial charge in [-0.3, -0.25) is 4.99 Å². The molecule has 0 fully saturated rings. The number of aromatic nitrogens is 1. The molecule has 0 unspecified atom stereocenters. The molecule has 0 bridgehead atoms. The fourth-order valence-corrected chi connectivity index (χ4v) is 3.42. The van der Waals surface area contributed by atoms with Crippen molar-refractivity contribution in [2.24, 2.45) is 10.1 Å². The number of hydrogen-bond acceptors (Lipinski definition) is 4. The highest BCUT2D eigenvalue weighted by atomic mass is 79.9. The molecule has 3 rings (SSSR count). The van der Waals surface area contributed by atoms with E-state index in [0.717, 1.165) is 31.8 Å². The molecule has 0 saturated carbocycles. The lowest BCUT2D eigenvalue weighted by Crippen LogP contribution is -2.13. The lowest BCUT2D eigenvalue weighted by Gasteiger charge is -2.06. The first-order valence-electron chi connectivity index (χ1n) is 7.58. The Morgan fingerprint density at radius 2 is 1.80 bits per heavy atom. The van der Waals surface area contributed by atoms with Crippen LogP contribution in [0.3, 0.4) is 0 Å². The van der Waals surface area contributed by atoms with E-state index in [2.05, 4.69) is 44.5 Å². The first-order chi connectivity index (χ1) is 12.1. The van der Waals surface area contributed by atoms with Crippen molar-refractivity contribution in [3.05, 3.63) is 74.3 Å². The van der Waals surface area contributed by atoms with Crippen LogP contribution in [0, 0.1) is 11.3 Å². The summed E-state index contributed by atoms with van der Waals surface area (Å²) in [6.45, 7) is 1.96. The SMILES string of the molecule is CN=c1scc(-c2ccc(Br)cc2)n1N=C(C)c1ccc(C#N)cc1. The van der Waals surface area contributed by atoms with Crippen LogP contribution in [0.2, 0.25) is 0 Å². The van der Waals surface area contributed by atoms with Crippen molar-refractivity contribution < 1.29 is 0 Å². The van der Waals surface area contributed by atoms with Crippen molar-refractivity contribution in [3.8, 4) is 17.3 Å². The Bertz CT molecular complexity index is 1020. The monoisotopic (exact) mass is 410 g/mol. The molecule has 0 spiro atoms. The van der Waals surface area contributed by atoms with E-state index >= 15 is 0 Å². The van der Waals surface area contributed by atoms with Crippen LogP contribution in [-0.2, 0) is 0 Å². The Labute approximate surface area is 158 Å². The molecule has 6 heteroatoms. The van der Waals surface area contributed by atoms with Crippen molar-refractivity contribution in [2.45, 2.75) is 6.92 Å². The van der Waals surface area contributed by atoms with Gasteiger partial charge >= 0.3 is 0 Å². The summed E-state index contributed by atoms with van der Waals surface area (Å²) in [6.07, 6.45) is 0. The highest BCUT2D eigenvalue weighted by Gasteiger charge is 2.08. The topological polar surface area (TPSA) is 53.4 Å². The van der Waals surface area contributed by atoms with Gasteiger partial charge in [-0.1, -0.05) is 40.2 Å². The van der Waals surface area contributed by atoms with Crippen LogP contribution in [0.5, 0.6) is 0 Å². The summed E-state index contributed by atoms with van der Waals surface area (Å²) < 4.78 is 2.90. The van der Waals surface area contributed by atoms with Gasteiger partial charge in [0.2, 0.25) is 4.80 Å². The zero-order valence-corrected chi connectivity index (χ0v) is 16.2. The first-order valence-corrected chi connectivity index (χ1v) is 9.25. The smallest absolute Gasteiger partial charge is 0.205 e. The Hall–Kier alpha value is -2.49. The quantitative estimate of drug-likeness (QED) is 0.579. The Balaban J connectivity index is 2.08. The molecule has 0 aliphatic heterocycles. The summed E-state index contributed by atoms with van der Waals surface area (Å²) >= 11 is 5.02. The highest BCUT2D eigenvalue weighted by Crippen LogP contribution is 2.22. The summed E-state index contributed by atoms with van der Waals surface area (Å²) in [5.74, 6) is 0. The second-order valence-electron chi connectivity index (χ2n) is 5.32. The molecule has 1 aromatic heterocycles. The molecule has 0 aliphatic rings. The number of nitrogens with zero attached hydrogens (tertiary/aromatic N) is 4. The lowest BCUT2D eigenvalue weighted by atomic mass is 10.1. The maximum atomic E-state index is 8.93. The van der Waals surface area contributed by atoms with E-state index in [-0.39, 0.29) is 0 Å². The second kappa shape index (κ2) is 7.60. The summed E-state index contributed by atoms with van der Waals surface area (Å²) in [4.78, 5) is 5.16. The molecule has 3 aromatic rings. The van der Waals surface area contributed by atoms with Gasteiger partial charge in [-0.2, -0.15) is 10.4 Å². The third-order valence-corrected chi connectivity index (χ3v) is 5.13. The number of hydrogen-bond donors (Lipinski definition) is 0. The number of halogens is 1.